The van der Waals surface area contributed by atoms with Gasteiger partial charge in [-0.05, 0) is 5.41 Å². The van der Waals surface area contributed by atoms with Crippen LogP contribution in [-0.4, -0.2) is 32.8 Å². The van der Waals surface area contributed by atoms with Gasteiger partial charge in [0.05, 0.1) is 0 Å². The number of hydrogen-bond donors (Lipinski definition) is 3. The highest BCUT2D eigenvalue weighted by Gasteiger charge is 2.32. The minimum absolute atomic E-state index is 0.450. The Morgan fingerprint density at radius 2 is 1.95 bits per heavy atom. The summed E-state index contributed by atoms with van der Waals surface area (Å²) < 4.78 is 0.819. The molecular weight excluding hydrogens is 266 g/mol. The van der Waals surface area contributed by atoms with Gasteiger partial charge in [0.1, 0.15) is 12.6 Å². The van der Waals surface area contributed by atoms with E-state index in [-0.39, 0.29) is 0 Å². The van der Waals surface area contributed by atoms with Crippen LogP contribution in [0.1, 0.15) is 20.8 Å². The predicted octanol–water partition coefficient (Wildman–Crippen LogP) is -0.848. The number of aromatic nitrogens is 2. The SMILES string of the molecule is CC(C)(C)[C@@H](NC(=O)Cn1[nH]c(=O)ccc1=O)C(=O)O. The fourth-order valence-corrected chi connectivity index (χ4v) is 1.58. The van der Waals surface area contributed by atoms with Crippen molar-refractivity contribution in [3.05, 3.63) is 32.8 Å². The minimum Gasteiger partial charge on any atom is -0.480 e. The van der Waals surface area contributed by atoms with E-state index in [0.717, 1.165) is 16.8 Å². The van der Waals surface area contributed by atoms with E-state index in [1.54, 1.807) is 20.8 Å². The van der Waals surface area contributed by atoms with Gasteiger partial charge >= 0.3 is 5.97 Å². The standard InChI is InChI=1S/C12H17N3O5/c1-12(2,3)10(11(19)20)13-8(17)6-15-9(18)5-4-7(16)14-15/h4-5,10H,6H2,1-3H3,(H,13,17)(H,14,16)(H,19,20)/t10-/m0/s1. The number of carbonyl (C=O) groups excluding carboxylic acids is 1. The molecule has 0 radical (unpaired) electrons. The van der Waals surface area contributed by atoms with E-state index in [1.807, 2.05) is 0 Å². The summed E-state index contributed by atoms with van der Waals surface area (Å²) in [6.45, 7) is 4.56. The van der Waals surface area contributed by atoms with Crippen molar-refractivity contribution in [2.75, 3.05) is 0 Å². The van der Waals surface area contributed by atoms with Gasteiger partial charge in [0.15, 0.2) is 0 Å². The van der Waals surface area contributed by atoms with Crippen molar-refractivity contribution < 1.29 is 14.7 Å². The van der Waals surface area contributed by atoms with Crippen LogP contribution in [0.4, 0.5) is 0 Å². The smallest absolute Gasteiger partial charge is 0.326 e. The molecule has 3 N–H and O–H groups in total. The van der Waals surface area contributed by atoms with E-state index in [1.165, 1.54) is 0 Å². The van der Waals surface area contributed by atoms with Gasteiger partial charge in [-0.3, -0.25) is 19.5 Å². The molecule has 0 bridgehead atoms. The molecule has 0 spiro atoms. The molecule has 0 aliphatic carbocycles. The van der Waals surface area contributed by atoms with E-state index < -0.39 is 41.0 Å². The fraction of sp³-hybridized carbons (Fsp3) is 0.500. The van der Waals surface area contributed by atoms with Crippen LogP contribution < -0.4 is 16.4 Å². The first kappa shape index (κ1) is 15.7. The largest absolute Gasteiger partial charge is 0.480 e. The second-order valence-corrected chi connectivity index (χ2v) is 5.44. The molecule has 1 aromatic heterocycles. The van der Waals surface area contributed by atoms with Crippen LogP contribution in [0.5, 0.6) is 0 Å². The van der Waals surface area contributed by atoms with Gasteiger partial charge < -0.3 is 10.4 Å². The second kappa shape index (κ2) is 5.72. The number of carboxylic acids is 1. The van der Waals surface area contributed by atoms with Gasteiger partial charge in [0.25, 0.3) is 11.1 Å². The molecule has 0 saturated carbocycles. The summed E-state index contributed by atoms with van der Waals surface area (Å²) in [5.41, 5.74) is -1.76. The topological polar surface area (TPSA) is 121 Å². The zero-order chi connectivity index (χ0) is 15.5. The van der Waals surface area contributed by atoms with Crippen molar-refractivity contribution >= 4 is 11.9 Å². The molecule has 1 amide bonds. The van der Waals surface area contributed by atoms with Gasteiger partial charge in [-0.25, -0.2) is 9.48 Å². The highest BCUT2D eigenvalue weighted by atomic mass is 16.4. The molecule has 110 valence electrons. The summed E-state index contributed by atoms with van der Waals surface area (Å²) in [7, 11) is 0. The number of nitrogens with one attached hydrogen (secondary N) is 2. The Morgan fingerprint density at radius 1 is 1.35 bits per heavy atom. The van der Waals surface area contributed by atoms with Crippen molar-refractivity contribution in [2.45, 2.75) is 33.4 Å². The summed E-state index contributed by atoms with van der Waals surface area (Å²) >= 11 is 0. The number of hydrogen-bond acceptors (Lipinski definition) is 4. The Kier molecular flexibility index (Phi) is 4.49. The fourth-order valence-electron chi connectivity index (χ4n) is 1.58. The molecule has 1 heterocycles. The van der Waals surface area contributed by atoms with Crippen molar-refractivity contribution in [3.8, 4) is 0 Å². The predicted molar refractivity (Wildman–Crippen MR) is 70.3 cm³/mol. The minimum atomic E-state index is -1.17. The lowest BCUT2D eigenvalue weighted by Crippen LogP contribution is -2.50. The molecular formula is C12H17N3O5. The van der Waals surface area contributed by atoms with Crippen LogP contribution >= 0.6 is 0 Å². The zero-order valence-corrected chi connectivity index (χ0v) is 11.5. The van der Waals surface area contributed by atoms with Crippen LogP contribution in [0.15, 0.2) is 21.7 Å². The highest BCUT2D eigenvalue weighted by Crippen LogP contribution is 2.19. The van der Waals surface area contributed by atoms with Crippen molar-refractivity contribution in [1.82, 2.24) is 15.1 Å². The van der Waals surface area contributed by atoms with E-state index in [2.05, 4.69) is 10.4 Å². The quantitative estimate of drug-likeness (QED) is 0.664. The molecule has 8 heteroatoms. The lowest BCUT2D eigenvalue weighted by atomic mass is 9.87. The number of amides is 1. The van der Waals surface area contributed by atoms with Gasteiger partial charge in [0.2, 0.25) is 5.91 Å². The maximum absolute atomic E-state index is 11.8. The summed E-state index contributed by atoms with van der Waals surface area (Å²) in [6.07, 6.45) is 0. The van der Waals surface area contributed by atoms with E-state index >= 15 is 0 Å². The van der Waals surface area contributed by atoms with E-state index in [9.17, 15) is 19.2 Å². The summed E-state index contributed by atoms with van der Waals surface area (Å²) in [5, 5.41) is 13.6. The summed E-state index contributed by atoms with van der Waals surface area (Å²) in [6, 6.07) is 0.984. The zero-order valence-electron chi connectivity index (χ0n) is 11.5. The van der Waals surface area contributed by atoms with Gasteiger partial charge in [0, 0.05) is 12.1 Å². The van der Waals surface area contributed by atoms with E-state index in [4.69, 9.17) is 5.11 Å². The molecule has 20 heavy (non-hydrogen) atoms. The normalized spacial score (nSPS) is 12.8. The van der Waals surface area contributed by atoms with Crippen molar-refractivity contribution in [3.63, 3.8) is 0 Å². The number of H-pyrrole nitrogens is 1. The van der Waals surface area contributed by atoms with Crippen LogP contribution in [0.3, 0.4) is 0 Å². The second-order valence-electron chi connectivity index (χ2n) is 5.44. The van der Waals surface area contributed by atoms with E-state index in [0.29, 0.717) is 0 Å². The van der Waals surface area contributed by atoms with Crippen LogP contribution in [0.2, 0.25) is 0 Å². The monoisotopic (exact) mass is 283 g/mol. The molecule has 0 saturated heterocycles. The number of carbonyl (C=O) groups is 2. The molecule has 0 aliphatic heterocycles. The molecule has 1 rings (SSSR count). The molecule has 0 unspecified atom stereocenters. The number of carboxylic acid groups (broad SMARTS) is 1. The number of aliphatic carboxylic acids is 1. The molecule has 0 fully saturated rings. The van der Waals surface area contributed by atoms with Crippen LogP contribution in [-0.2, 0) is 16.1 Å². The lowest BCUT2D eigenvalue weighted by Gasteiger charge is -2.27. The number of nitrogens with zero attached hydrogens (tertiary/aromatic N) is 1. The lowest BCUT2D eigenvalue weighted by molar-refractivity contribution is -0.145. The Bertz CT molecular complexity index is 623. The molecule has 8 nitrogen and oxygen atoms in total. The Balaban J connectivity index is 2.87. The third-order valence-electron chi connectivity index (χ3n) is 2.61. The summed E-state index contributed by atoms with van der Waals surface area (Å²) in [5.74, 6) is -1.84. The molecule has 0 aliphatic rings. The average Bonchev–Trinajstić information content (AvgIpc) is 2.29. The third kappa shape index (κ3) is 4.08. The molecule has 1 aromatic rings. The maximum atomic E-state index is 11.8. The first-order valence-electron chi connectivity index (χ1n) is 5.93. The van der Waals surface area contributed by atoms with Crippen molar-refractivity contribution in [2.24, 2.45) is 5.41 Å². The molecule has 0 aromatic carbocycles. The van der Waals surface area contributed by atoms with Crippen LogP contribution in [0.25, 0.3) is 0 Å². The third-order valence-corrected chi connectivity index (χ3v) is 2.61. The first-order chi connectivity index (χ1) is 9.11. The Hall–Kier alpha value is -2.38. The van der Waals surface area contributed by atoms with Gasteiger partial charge in [-0.1, -0.05) is 20.8 Å². The Morgan fingerprint density at radius 3 is 2.45 bits per heavy atom. The highest BCUT2D eigenvalue weighted by molar-refractivity contribution is 5.83. The Labute approximate surface area is 114 Å². The van der Waals surface area contributed by atoms with Crippen LogP contribution in [0, 0.1) is 5.41 Å². The average molecular weight is 283 g/mol. The van der Waals surface area contributed by atoms with Crippen molar-refractivity contribution in [1.29, 1.82) is 0 Å². The van der Waals surface area contributed by atoms with Gasteiger partial charge in [-0.15, -0.1) is 0 Å². The first-order valence-corrected chi connectivity index (χ1v) is 5.93. The van der Waals surface area contributed by atoms with Gasteiger partial charge in [-0.2, -0.15) is 0 Å². The molecule has 1 atom stereocenters. The number of rotatable bonds is 4. The summed E-state index contributed by atoms with van der Waals surface area (Å²) in [4.78, 5) is 45.4. The number of aromatic amines is 1. The maximum Gasteiger partial charge on any atom is 0.326 e.